The highest BCUT2D eigenvalue weighted by Gasteiger charge is 1.93. The molecule has 50 valence electrons. The molecule has 0 aromatic heterocycles. The lowest BCUT2D eigenvalue weighted by Crippen LogP contribution is -2.14. The summed E-state index contributed by atoms with van der Waals surface area (Å²) in [6.07, 6.45) is 1.25. The van der Waals surface area contributed by atoms with Crippen molar-refractivity contribution in [3.05, 3.63) is 12.7 Å². The average Bonchev–Trinajstić information content (AvgIpc) is 1.30. The van der Waals surface area contributed by atoms with E-state index in [1.807, 2.05) is 0 Å². The molecule has 0 aliphatic carbocycles. The van der Waals surface area contributed by atoms with E-state index in [1.54, 1.807) is 0 Å². The molecule has 0 rings (SSSR count). The highest BCUT2D eigenvalue weighted by molar-refractivity contribution is 7.89. The maximum Gasteiger partial charge on any atom is 0.212 e. The Morgan fingerprint density at radius 2 is 2.00 bits per heavy atom. The van der Waals surface area contributed by atoms with E-state index in [0.717, 1.165) is 0 Å². The maximum atomic E-state index is 9.94. The van der Waals surface area contributed by atoms with Gasteiger partial charge in [-0.05, 0) is 0 Å². The fourth-order valence-electron chi connectivity index (χ4n) is 0.164. The summed E-state index contributed by atoms with van der Waals surface area (Å²) in [5.74, 6) is -0.146. The number of nitrogens with two attached hydrogens (primary N) is 1. The predicted molar refractivity (Wildman–Crippen MR) is 35.4 cm³/mol. The molecule has 0 unspecified atom stereocenters. The smallest absolute Gasteiger partial charge is 0.212 e. The summed E-state index contributed by atoms with van der Waals surface area (Å²) < 4.78 is 19.9. The normalized spacial score (nSPS) is 9.62. The van der Waals surface area contributed by atoms with Crippen molar-refractivity contribution in [3.63, 3.8) is 0 Å². The first kappa shape index (κ1) is 10.8. The van der Waals surface area contributed by atoms with Crippen LogP contribution < -0.4 is 5.14 Å². The third-order valence-electron chi connectivity index (χ3n) is 0.350. The summed E-state index contributed by atoms with van der Waals surface area (Å²) >= 11 is 0. The van der Waals surface area contributed by atoms with Crippen molar-refractivity contribution in [2.45, 2.75) is 0 Å². The van der Waals surface area contributed by atoms with Crippen LogP contribution in [0, 0.1) is 0 Å². The molecule has 0 atom stereocenters. The molecule has 0 aliphatic heterocycles. The highest BCUT2D eigenvalue weighted by Crippen LogP contribution is 1.73. The molecule has 0 aliphatic rings. The van der Waals surface area contributed by atoms with Crippen LogP contribution in [0.2, 0.25) is 0 Å². The van der Waals surface area contributed by atoms with Crippen LogP contribution in [0.5, 0.6) is 0 Å². The van der Waals surface area contributed by atoms with Crippen molar-refractivity contribution in [2.24, 2.45) is 5.14 Å². The van der Waals surface area contributed by atoms with Gasteiger partial charge in [0, 0.05) is 0 Å². The van der Waals surface area contributed by atoms with E-state index in [2.05, 4.69) is 11.7 Å². The molecule has 2 N–H and O–H groups in total. The minimum absolute atomic E-state index is 0. The minimum Gasteiger partial charge on any atom is -0.228 e. The zero-order valence-electron chi connectivity index (χ0n) is 4.20. The molecule has 8 heavy (non-hydrogen) atoms. The lowest BCUT2D eigenvalue weighted by molar-refractivity contribution is 0.600. The standard InChI is InChI=1S/C3H7NO2S.ClH/c1-2-3-7(4,5)6;/h2H,1,3H2,(H2,4,5,6);1H. The van der Waals surface area contributed by atoms with Gasteiger partial charge in [-0.3, -0.25) is 0 Å². The van der Waals surface area contributed by atoms with E-state index in [9.17, 15) is 8.42 Å². The molecular formula is C3H8ClNO2S. The quantitative estimate of drug-likeness (QED) is 0.569. The fourth-order valence-corrected chi connectivity index (χ4v) is 0.493. The van der Waals surface area contributed by atoms with Gasteiger partial charge in [-0.15, -0.1) is 19.0 Å². The van der Waals surface area contributed by atoms with E-state index >= 15 is 0 Å². The summed E-state index contributed by atoms with van der Waals surface area (Å²) in [5.41, 5.74) is 0. The van der Waals surface area contributed by atoms with Gasteiger partial charge < -0.3 is 0 Å². The first-order valence-electron chi connectivity index (χ1n) is 1.67. The Balaban J connectivity index is 0. The van der Waals surface area contributed by atoms with Crippen molar-refractivity contribution >= 4 is 22.4 Å². The van der Waals surface area contributed by atoms with Gasteiger partial charge in [-0.1, -0.05) is 6.08 Å². The Morgan fingerprint density at radius 1 is 1.62 bits per heavy atom. The molecule has 0 radical (unpaired) electrons. The first-order chi connectivity index (χ1) is 3.06. The number of hydrogen-bond acceptors (Lipinski definition) is 2. The molecule has 3 nitrogen and oxygen atoms in total. The summed E-state index contributed by atoms with van der Waals surface area (Å²) in [6.45, 7) is 3.19. The van der Waals surface area contributed by atoms with Gasteiger partial charge in [0.15, 0.2) is 0 Å². The minimum atomic E-state index is -3.29. The molecule has 0 spiro atoms. The molecule has 0 amide bonds. The van der Waals surface area contributed by atoms with Gasteiger partial charge in [0.25, 0.3) is 0 Å². The second-order valence-electron chi connectivity index (χ2n) is 1.12. The van der Waals surface area contributed by atoms with Gasteiger partial charge in [0.05, 0.1) is 5.75 Å². The molecule has 0 bridgehead atoms. The number of halogens is 1. The number of sulfonamides is 1. The topological polar surface area (TPSA) is 60.2 Å². The number of primary sulfonamides is 1. The lowest BCUT2D eigenvalue weighted by Gasteiger charge is -1.83. The Bertz CT molecular complexity index is 151. The summed E-state index contributed by atoms with van der Waals surface area (Å²) in [6, 6.07) is 0. The number of rotatable bonds is 2. The maximum absolute atomic E-state index is 9.94. The van der Waals surface area contributed by atoms with Gasteiger partial charge >= 0.3 is 0 Å². The van der Waals surface area contributed by atoms with E-state index in [-0.39, 0.29) is 18.2 Å². The fraction of sp³-hybridized carbons (Fsp3) is 0.333. The second kappa shape index (κ2) is 3.88. The van der Waals surface area contributed by atoms with E-state index in [0.29, 0.717) is 0 Å². The molecule has 0 saturated heterocycles. The highest BCUT2D eigenvalue weighted by atomic mass is 35.5. The SMILES string of the molecule is C=CCS(N)(=O)=O.Cl. The summed E-state index contributed by atoms with van der Waals surface area (Å²) in [7, 11) is -3.29. The van der Waals surface area contributed by atoms with Crippen molar-refractivity contribution in [1.82, 2.24) is 0 Å². The summed E-state index contributed by atoms with van der Waals surface area (Å²) in [4.78, 5) is 0. The zero-order chi connectivity index (χ0) is 5.91. The van der Waals surface area contributed by atoms with Crippen LogP contribution in [-0.2, 0) is 10.0 Å². The zero-order valence-corrected chi connectivity index (χ0v) is 5.83. The van der Waals surface area contributed by atoms with Crippen LogP contribution in [0.4, 0.5) is 0 Å². The Kier molecular flexibility index (Phi) is 5.26. The monoisotopic (exact) mass is 157 g/mol. The van der Waals surface area contributed by atoms with Crippen molar-refractivity contribution < 1.29 is 8.42 Å². The average molecular weight is 158 g/mol. The van der Waals surface area contributed by atoms with Crippen LogP contribution >= 0.6 is 12.4 Å². The predicted octanol–water partition coefficient (Wildman–Crippen LogP) is -0.117. The van der Waals surface area contributed by atoms with Crippen LogP contribution in [0.15, 0.2) is 12.7 Å². The largest absolute Gasteiger partial charge is 0.228 e. The van der Waals surface area contributed by atoms with Gasteiger partial charge in [0.2, 0.25) is 10.0 Å². The molecule has 0 fully saturated rings. The third kappa shape index (κ3) is 9.34. The molecular weight excluding hydrogens is 150 g/mol. The lowest BCUT2D eigenvalue weighted by atomic mass is 10.8. The van der Waals surface area contributed by atoms with Crippen molar-refractivity contribution in [3.8, 4) is 0 Å². The van der Waals surface area contributed by atoms with Crippen LogP contribution in [-0.4, -0.2) is 14.2 Å². The molecule has 0 heterocycles. The molecule has 0 aromatic carbocycles. The number of hydrogen-bond donors (Lipinski definition) is 1. The van der Waals surface area contributed by atoms with Crippen molar-refractivity contribution in [2.75, 3.05) is 5.75 Å². The van der Waals surface area contributed by atoms with E-state index in [4.69, 9.17) is 0 Å². The van der Waals surface area contributed by atoms with Crippen LogP contribution in [0.1, 0.15) is 0 Å². The van der Waals surface area contributed by atoms with E-state index in [1.165, 1.54) is 6.08 Å². The van der Waals surface area contributed by atoms with Gasteiger partial charge in [0.1, 0.15) is 0 Å². The van der Waals surface area contributed by atoms with Crippen LogP contribution in [0.25, 0.3) is 0 Å². The second-order valence-corrected chi connectivity index (χ2v) is 2.78. The molecule has 0 aromatic rings. The molecule has 5 heteroatoms. The Morgan fingerprint density at radius 3 is 2.00 bits per heavy atom. The van der Waals surface area contributed by atoms with Gasteiger partial charge in [-0.2, -0.15) is 0 Å². The van der Waals surface area contributed by atoms with Gasteiger partial charge in [-0.25, -0.2) is 13.6 Å². The first-order valence-corrected chi connectivity index (χ1v) is 3.39. The Labute approximate surface area is 55.0 Å². The third-order valence-corrected chi connectivity index (χ3v) is 1.05. The van der Waals surface area contributed by atoms with Crippen LogP contribution in [0.3, 0.4) is 0 Å². The van der Waals surface area contributed by atoms with E-state index < -0.39 is 10.0 Å². The summed E-state index contributed by atoms with van der Waals surface area (Å²) in [5, 5.41) is 4.55. The molecule has 0 saturated carbocycles. The Hall–Kier alpha value is -0.0600. The van der Waals surface area contributed by atoms with Crippen molar-refractivity contribution in [1.29, 1.82) is 0 Å².